The number of benzene rings is 1. The maximum absolute atomic E-state index is 12.0. The van der Waals surface area contributed by atoms with Gasteiger partial charge in [0.05, 0.1) is 17.4 Å². The highest BCUT2D eigenvalue weighted by Crippen LogP contribution is 2.16. The van der Waals surface area contributed by atoms with E-state index in [0.29, 0.717) is 5.69 Å². The molecule has 0 fully saturated rings. The summed E-state index contributed by atoms with van der Waals surface area (Å²) >= 11 is 0. The first kappa shape index (κ1) is 11.9. The van der Waals surface area contributed by atoms with E-state index in [4.69, 9.17) is 5.26 Å². The highest BCUT2D eigenvalue weighted by atomic mass is 16.1. The monoisotopic (exact) mass is 263 g/mol. The Kier molecular flexibility index (Phi) is 2.86. The van der Waals surface area contributed by atoms with Gasteiger partial charge in [0.15, 0.2) is 0 Å². The minimum Gasteiger partial charge on any atom is -0.345 e. The molecule has 0 atom stereocenters. The largest absolute Gasteiger partial charge is 0.345 e. The maximum Gasteiger partial charge on any atom is 0.274 e. The van der Waals surface area contributed by atoms with Crippen LogP contribution in [0.5, 0.6) is 0 Å². The summed E-state index contributed by atoms with van der Waals surface area (Å²) in [6.07, 6.45) is 1.59. The fourth-order valence-corrected chi connectivity index (χ4v) is 1.83. The Balaban J connectivity index is 1.86. The number of nitriles is 1. The first-order valence-corrected chi connectivity index (χ1v) is 5.88. The number of hydrogen-bond acceptors (Lipinski definition) is 4. The Bertz CT molecular complexity index is 831. The highest BCUT2D eigenvalue weighted by molar-refractivity contribution is 6.03. The Morgan fingerprint density at radius 1 is 1.30 bits per heavy atom. The van der Waals surface area contributed by atoms with E-state index >= 15 is 0 Å². The molecular formula is C14H9N5O. The number of carbonyl (C=O) groups is 1. The van der Waals surface area contributed by atoms with Crippen molar-refractivity contribution in [2.75, 3.05) is 5.32 Å². The van der Waals surface area contributed by atoms with Crippen LogP contribution in [0.2, 0.25) is 0 Å². The number of H-pyrrole nitrogens is 1. The molecule has 1 aromatic carbocycles. The molecule has 0 unspecified atom stereocenters. The average molecular weight is 263 g/mol. The van der Waals surface area contributed by atoms with Crippen LogP contribution in [-0.4, -0.2) is 20.9 Å². The van der Waals surface area contributed by atoms with Gasteiger partial charge in [-0.3, -0.25) is 4.79 Å². The molecular weight excluding hydrogens is 254 g/mol. The minimum absolute atomic E-state index is 0.203. The molecule has 6 nitrogen and oxygen atoms in total. The molecule has 0 aliphatic rings. The zero-order chi connectivity index (χ0) is 13.9. The fraction of sp³-hybridized carbons (Fsp3) is 0. The lowest BCUT2D eigenvalue weighted by atomic mass is 10.2. The first-order valence-electron chi connectivity index (χ1n) is 5.88. The van der Waals surface area contributed by atoms with Crippen molar-refractivity contribution in [1.29, 1.82) is 5.26 Å². The van der Waals surface area contributed by atoms with Gasteiger partial charge in [-0.25, -0.2) is 9.97 Å². The Labute approximate surface area is 114 Å². The number of nitrogens with one attached hydrogen (secondary N) is 2. The van der Waals surface area contributed by atoms with Crippen LogP contribution in [0.3, 0.4) is 0 Å². The van der Waals surface area contributed by atoms with E-state index in [0.717, 1.165) is 11.0 Å². The number of fused-ring (bicyclic) bond motifs is 1. The van der Waals surface area contributed by atoms with E-state index in [1.165, 1.54) is 0 Å². The number of rotatable bonds is 2. The molecule has 0 saturated carbocycles. The minimum atomic E-state index is -0.360. The number of carbonyl (C=O) groups excluding carboxylic acids is 1. The van der Waals surface area contributed by atoms with E-state index in [1.54, 1.807) is 42.7 Å². The van der Waals surface area contributed by atoms with Crippen LogP contribution in [0.1, 0.15) is 16.2 Å². The van der Waals surface area contributed by atoms with Gasteiger partial charge in [-0.05, 0) is 30.3 Å². The Morgan fingerprint density at radius 3 is 3.05 bits per heavy atom. The average Bonchev–Trinajstić information content (AvgIpc) is 2.95. The Hall–Kier alpha value is -3.20. The van der Waals surface area contributed by atoms with Crippen molar-refractivity contribution in [2.45, 2.75) is 0 Å². The third kappa shape index (κ3) is 2.20. The molecule has 96 valence electrons. The number of aromatic amines is 1. The molecule has 0 spiro atoms. The van der Waals surface area contributed by atoms with Gasteiger partial charge in [0.2, 0.25) is 0 Å². The zero-order valence-corrected chi connectivity index (χ0v) is 10.3. The van der Waals surface area contributed by atoms with Gasteiger partial charge in [-0.15, -0.1) is 0 Å². The van der Waals surface area contributed by atoms with Crippen LogP contribution in [0.25, 0.3) is 11.0 Å². The molecule has 0 aliphatic carbocycles. The summed E-state index contributed by atoms with van der Waals surface area (Å²) < 4.78 is 0. The standard InChI is InChI=1S/C14H9N5O/c15-7-10-2-1-3-12(18-10)14(20)19-9-4-5-11-13(6-9)17-8-16-11/h1-6,8H,(H,16,17)(H,19,20). The molecule has 0 saturated heterocycles. The molecule has 2 aromatic heterocycles. The summed E-state index contributed by atoms with van der Waals surface area (Å²) in [5.41, 5.74) is 2.71. The maximum atomic E-state index is 12.0. The quantitative estimate of drug-likeness (QED) is 0.740. The number of aromatic nitrogens is 3. The number of nitrogens with zero attached hydrogens (tertiary/aromatic N) is 3. The van der Waals surface area contributed by atoms with Crippen LogP contribution in [0.4, 0.5) is 5.69 Å². The molecule has 2 heterocycles. The molecule has 3 rings (SSSR count). The van der Waals surface area contributed by atoms with E-state index in [9.17, 15) is 4.79 Å². The number of hydrogen-bond donors (Lipinski definition) is 2. The second-order valence-electron chi connectivity index (χ2n) is 4.11. The summed E-state index contributed by atoms with van der Waals surface area (Å²) in [5.74, 6) is -0.360. The summed E-state index contributed by atoms with van der Waals surface area (Å²) in [5, 5.41) is 11.5. The molecule has 0 aliphatic heterocycles. The van der Waals surface area contributed by atoms with Crippen molar-refractivity contribution < 1.29 is 4.79 Å². The normalized spacial score (nSPS) is 10.2. The van der Waals surface area contributed by atoms with Crippen molar-refractivity contribution in [3.8, 4) is 6.07 Å². The lowest BCUT2D eigenvalue weighted by Gasteiger charge is -2.04. The number of anilines is 1. The van der Waals surface area contributed by atoms with Crippen molar-refractivity contribution in [1.82, 2.24) is 15.0 Å². The summed E-state index contributed by atoms with van der Waals surface area (Å²) in [6.45, 7) is 0. The SMILES string of the molecule is N#Cc1cccc(C(=O)Nc2ccc3nc[nH]c3c2)n1. The van der Waals surface area contributed by atoms with Gasteiger partial charge in [-0.1, -0.05) is 6.07 Å². The number of amides is 1. The topological polar surface area (TPSA) is 94.5 Å². The number of pyridine rings is 1. The molecule has 3 aromatic rings. The van der Waals surface area contributed by atoms with Gasteiger partial charge < -0.3 is 10.3 Å². The molecule has 1 amide bonds. The molecule has 2 N–H and O–H groups in total. The van der Waals surface area contributed by atoms with Crippen LogP contribution in [-0.2, 0) is 0 Å². The second kappa shape index (κ2) is 4.82. The van der Waals surface area contributed by atoms with Gasteiger partial charge in [0, 0.05) is 5.69 Å². The van der Waals surface area contributed by atoms with Gasteiger partial charge >= 0.3 is 0 Å². The molecule has 0 radical (unpaired) electrons. The third-order valence-electron chi connectivity index (χ3n) is 2.77. The van der Waals surface area contributed by atoms with Crippen LogP contribution in [0, 0.1) is 11.3 Å². The van der Waals surface area contributed by atoms with Gasteiger partial charge in [0.1, 0.15) is 17.5 Å². The second-order valence-corrected chi connectivity index (χ2v) is 4.11. The first-order chi connectivity index (χ1) is 9.76. The Morgan fingerprint density at radius 2 is 2.20 bits per heavy atom. The lowest BCUT2D eigenvalue weighted by Crippen LogP contribution is -2.13. The van der Waals surface area contributed by atoms with Crippen molar-refractivity contribution in [3.05, 3.63) is 54.1 Å². The molecule has 20 heavy (non-hydrogen) atoms. The van der Waals surface area contributed by atoms with Crippen LogP contribution < -0.4 is 5.32 Å². The third-order valence-corrected chi connectivity index (χ3v) is 2.77. The molecule has 6 heteroatoms. The van der Waals surface area contributed by atoms with Gasteiger partial charge in [-0.2, -0.15) is 5.26 Å². The van der Waals surface area contributed by atoms with Crippen molar-refractivity contribution in [2.24, 2.45) is 0 Å². The van der Waals surface area contributed by atoms with Crippen LogP contribution in [0.15, 0.2) is 42.7 Å². The fourth-order valence-electron chi connectivity index (χ4n) is 1.83. The zero-order valence-electron chi connectivity index (χ0n) is 10.3. The van der Waals surface area contributed by atoms with Gasteiger partial charge in [0.25, 0.3) is 5.91 Å². The summed E-state index contributed by atoms with van der Waals surface area (Å²) in [7, 11) is 0. The summed E-state index contributed by atoms with van der Waals surface area (Å²) in [6, 6.07) is 12.0. The van der Waals surface area contributed by atoms with Crippen LogP contribution >= 0.6 is 0 Å². The van der Waals surface area contributed by atoms with E-state index in [2.05, 4.69) is 20.3 Å². The number of imidazole rings is 1. The lowest BCUT2D eigenvalue weighted by molar-refractivity contribution is 0.102. The van der Waals surface area contributed by atoms with Crippen molar-refractivity contribution in [3.63, 3.8) is 0 Å². The highest BCUT2D eigenvalue weighted by Gasteiger charge is 2.09. The van der Waals surface area contributed by atoms with E-state index in [-0.39, 0.29) is 17.3 Å². The predicted molar refractivity (Wildman–Crippen MR) is 73.0 cm³/mol. The van der Waals surface area contributed by atoms with E-state index in [1.807, 2.05) is 6.07 Å². The smallest absolute Gasteiger partial charge is 0.274 e. The van der Waals surface area contributed by atoms with Crippen molar-refractivity contribution >= 4 is 22.6 Å². The predicted octanol–water partition coefficient (Wildman–Crippen LogP) is 2.08. The molecule has 0 bridgehead atoms. The summed E-state index contributed by atoms with van der Waals surface area (Å²) in [4.78, 5) is 23.1. The van der Waals surface area contributed by atoms with E-state index < -0.39 is 0 Å².